The van der Waals surface area contributed by atoms with Crippen LogP contribution in [0.5, 0.6) is 0 Å². The van der Waals surface area contributed by atoms with Gasteiger partial charge >= 0.3 is 0 Å². The predicted molar refractivity (Wildman–Crippen MR) is 41.5 cm³/mol. The summed E-state index contributed by atoms with van der Waals surface area (Å²) in [5.74, 6) is 0.201. The van der Waals surface area contributed by atoms with Gasteiger partial charge < -0.3 is 5.73 Å². The molecule has 0 fully saturated rings. The van der Waals surface area contributed by atoms with Gasteiger partial charge in [0.25, 0.3) is 0 Å². The SMILES string of the molecule is CS(=O)(=O)Nc1[nH]ncc1N. The first-order valence-electron chi connectivity index (χ1n) is 2.75. The lowest BCUT2D eigenvalue weighted by Crippen LogP contribution is -2.10. The number of nitrogens with one attached hydrogen (secondary N) is 2. The minimum Gasteiger partial charge on any atom is -0.394 e. The predicted octanol–water partition coefficient (Wildman–Crippen LogP) is -0.637. The zero-order chi connectivity index (χ0) is 8.48. The maximum absolute atomic E-state index is 10.6. The molecule has 0 aliphatic carbocycles. The smallest absolute Gasteiger partial charge is 0.231 e. The highest BCUT2D eigenvalue weighted by molar-refractivity contribution is 7.92. The van der Waals surface area contributed by atoms with E-state index >= 15 is 0 Å². The van der Waals surface area contributed by atoms with Crippen LogP contribution in [0.15, 0.2) is 6.20 Å². The molecule has 0 unspecified atom stereocenters. The summed E-state index contributed by atoms with van der Waals surface area (Å²) in [5, 5.41) is 5.93. The number of nitrogens with zero attached hydrogens (tertiary/aromatic N) is 1. The zero-order valence-electron chi connectivity index (χ0n) is 5.83. The van der Waals surface area contributed by atoms with Crippen molar-refractivity contribution in [3.8, 4) is 0 Å². The number of sulfonamides is 1. The average Bonchev–Trinajstić information content (AvgIpc) is 2.12. The minimum atomic E-state index is -3.27. The van der Waals surface area contributed by atoms with E-state index in [-0.39, 0.29) is 11.5 Å². The lowest BCUT2D eigenvalue weighted by Gasteiger charge is -1.99. The monoisotopic (exact) mass is 176 g/mol. The van der Waals surface area contributed by atoms with Crippen molar-refractivity contribution < 1.29 is 8.42 Å². The van der Waals surface area contributed by atoms with Gasteiger partial charge in [0.2, 0.25) is 10.0 Å². The van der Waals surface area contributed by atoms with Crippen LogP contribution in [0.1, 0.15) is 0 Å². The van der Waals surface area contributed by atoms with E-state index in [1.807, 2.05) is 0 Å². The van der Waals surface area contributed by atoms with Crippen molar-refractivity contribution in [2.24, 2.45) is 0 Å². The fourth-order valence-corrected chi connectivity index (χ4v) is 1.10. The topological polar surface area (TPSA) is 101 Å². The fraction of sp³-hybridized carbons (Fsp3) is 0.250. The minimum absolute atomic E-state index is 0.201. The Morgan fingerprint density at radius 2 is 2.36 bits per heavy atom. The number of anilines is 2. The van der Waals surface area contributed by atoms with Crippen molar-refractivity contribution in [3.05, 3.63) is 6.20 Å². The van der Waals surface area contributed by atoms with Gasteiger partial charge in [-0.2, -0.15) is 5.10 Å². The highest BCUT2D eigenvalue weighted by Gasteiger charge is 2.05. The largest absolute Gasteiger partial charge is 0.394 e. The average molecular weight is 176 g/mol. The summed E-state index contributed by atoms with van der Waals surface area (Å²) in [6.45, 7) is 0. The molecule has 62 valence electrons. The van der Waals surface area contributed by atoms with Gasteiger partial charge in [-0.25, -0.2) is 8.42 Å². The fourth-order valence-electron chi connectivity index (χ4n) is 0.563. The summed E-state index contributed by atoms with van der Waals surface area (Å²) in [6.07, 6.45) is 2.36. The number of H-pyrrole nitrogens is 1. The molecule has 1 aromatic heterocycles. The molecule has 0 aromatic carbocycles. The van der Waals surface area contributed by atoms with E-state index in [9.17, 15) is 8.42 Å². The summed E-state index contributed by atoms with van der Waals surface area (Å²) in [4.78, 5) is 0. The third-order valence-corrected chi connectivity index (χ3v) is 1.53. The van der Waals surface area contributed by atoms with Gasteiger partial charge in [0.05, 0.1) is 18.1 Å². The van der Waals surface area contributed by atoms with Crippen molar-refractivity contribution in [1.82, 2.24) is 10.2 Å². The molecule has 0 atom stereocenters. The number of aromatic nitrogens is 2. The highest BCUT2D eigenvalue weighted by Crippen LogP contribution is 2.12. The Bertz CT molecular complexity index is 341. The second-order valence-corrected chi connectivity index (χ2v) is 3.82. The van der Waals surface area contributed by atoms with Gasteiger partial charge in [0.1, 0.15) is 0 Å². The molecule has 0 saturated carbocycles. The normalized spacial score (nSPS) is 11.4. The number of hydrogen-bond donors (Lipinski definition) is 3. The maximum Gasteiger partial charge on any atom is 0.231 e. The highest BCUT2D eigenvalue weighted by atomic mass is 32.2. The van der Waals surface area contributed by atoms with Gasteiger partial charge in [-0.15, -0.1) is 0 Å². The van der Waals surface area contributed by atoms with Crippen LogP contribution < -0.4 is 10.5 Å². The molecule has 0 saturated heterocycles. The quantitative estimate of drug-likeness (QED) is 0.558. The van der Waals surface area contributed by atoms with Gasteiger partial charge in [-0.05, 0) is 0 Å². The molecule has 11 heavy (non-hydrogen) atoms. The number of nitrogen functional groups attached to an aromatic ring is 1. The molecule has 0 amide bonds. The van der Waals surface area contributed by atoms with Crippen LogP contribution in [0.4, 0.5) is 11.5 Å². The Hall–Kier alpha value is -1.24. The van der Waals surface area contributed by atoms with E-state index in [1.165, 1.54) is 6.20 Å². The molecule has 0 aliphatic heterocycles. The molecule has 0 radical (unpaired) electrons. The first-order valence-corrected chi connectivity index (χ1v) is 4.65. The molecular formula is C4H8N4O2S. The Balaban J connectivity index is 2.89. The second kappa shape index (κ2) is 2.42. The molecule has 0 bridgehead atoms. The standard InChI is InChI=1S/C4H8N4O2S/c1-11(9,10)8-4-3(5)2-6-7-4/h2H,5H2,1H3,(H2,6,7,8). The first-order chi connectivity index (χ1) is 4.99. The summed E-state index contributed by atoms with van der Waals surface area (Å²) < 4.78 is 23.4. The third kappa shape index (κ3) is 2.11. The molecule has 7 heteroatoms. The van der Waals surface area contributed by atoms with Crippen molar-refractivity contribution in [1.29, 1.82) is 0 Å². The van der Waals surface area contributed by atoms with Crippen LogP contribution in [0.3, 0.4) is 0 Å². The van der Waals surface area contributed by atoms with Crippen LogP contribution in [-0.4, -0.2) is 24.9 Å². The Morgan fingerprint density at radius 3 is 2.73 bits per heavy atom. The van der Waals surface area contributed by atoms with Gasteiger partial charge in [0, 0.05) is 0 Å². The van der Waals surface area contributed by atoms with Crippen molar-refractivity contribution in [2.45, 2.75) is 0 Å². The van der Waals surface area contributed by atoms with Gasteiger partial charge in [-0.3, -0.25) is 9.82 Å². The lowest BCUT2D eigenvalue weighted by molar-refractivity contribution is 0.606. The molecular weight excluding hydrogens is 168 g/mol. The van der Waals surface area contributed by atoms with Crippen LogP contribution in [0.2, 0.25) is 0 Å². The first kappa shape index (κ1) is 7.86. The van der Waals surface area contributed by atoms with E-state index < -0.39 is 10.0 Å². The Labute approximate surface area is 63.8 Å². The summed E-state index contributed by atoms with van der Waals surface area (Å²) in [6, 6.07) is 0. The summed E-state index contributed by atoms with van der Waals surface area (Å²) in [5.41, 5.74) is 5.60. The van der Waals surface area contributed by atoms with Crippen LogP contribution >= 0.6 is 0 Å². The third-order valence-electron chi connectivity index (χ3n) is 0.956. The number of hydrogen-bond acceptors (Lipinski definition) is 4. The zero-order valence-corrected chi connectivity index (χ0v) is 6.64. The summed E-state index contributed by atoms with van der Waals surface area (Å²) >= 11 is 0. The Morgan fingerprint density at radius 1 is 1.73 bits per heavy atom. The van der Waals surface area contributed by atoms with E-state index in [1.54, 1.807) is 0 Å². The molecule has 0 aliphatic rings. The Kier molecular flexibility index (Phi) is 1.73. The van der Waals surface area contributed by atoms with Gasteiger partial charge in [-0.1, -0.05) is 0 Å². The van der Waals surface area contributed by atoms with Crippen LogP contribution in [0.25, 0.3) is 0 Å². The number of nitrogens with two attached hydrogens (primary N) is 1. The van der Waals surface area contributed by atoms with Crippen molar-refractivity contribution in [3.63, 3.8) is 0 Å². The lowest BCUT2D eigenvalue weighted by atomic mass is 10.6. The molecule has 1 heterocycles. The summed E-state index contributed by atoms with van der Waals surface area (Å²) in [7, 11) is -3.27. The number of aromatic amines is 1. The second-order valence-electron chi connectivity index (χ2n) is 2.07. The number of rotatable bonds is 2. The van der Waals surface area contributed by atoms with E-state index in [4.69, 9.17) is 5.73 Å². The maximum atomic E-state index is 10.6. The molecule has 4 N–H and O–H groups in total. The van der Waals surface area contributed by atoms with Crippen LogP contribution in [-0.2, 0) is 10.0 Å². The van der Waals surface area contributed by atoms with E-state index in [0.29, 0.717) is 0 Å². The van der Waals surface area contributed by atoms with Crippen molar-refractivity contribution in [2.75, 3.05) is 16.7 Å². The van der Waals surface area contributed by atoms with E-state index in [0.717, 1.165) is 6.26 Å². The molecule has 6 nitrogen and oxygen atoms in total. The van der Waals surface area contributed by atoms with Crippen molar-refractivity contribution >= 4 is 21.5 Å². The molecule has 0 spiro atoms. The molecule has 1 aromatic rings. The van der Waals surface area contributed by atoms with Gasteiger partial charge in [0.15, 0.2) is 5.82 Å². The van der Waals surface area contributed by atoms with E-state index in [2.05, 4.69) is 14.9 Å². The van der Waals surface area contributed by atoms with Crippen LogP contribution in [0, 0.1) is 0 Å². The molecule has 1 rings (SSSR count).